The molecule has 0 saturated carbocycles. The molecule has 1 saturated heterocycles. The summed E-state index contributed by atoms with van der Waals surface area (Å²) in [5.74, 6) is 0.317. The molecule has 0 amide bonds. The number of alkyl halides is 3. The van der Waals surface area contributed by atoms with Crippen molar-refractivity contribution in [3.63, 3.8) is 0 Å². The van der Waals surface area contributed by atoms with E-state index >= 15 is 0 Å². The fourth-order valence-corrected chi connectivity index (χ4v) is 4.51. The third kappa shape index (κ3) is 4.19. The molecule has 5 rings (SSSR count). The Hall–Kier alpha value is -3.59. The summed E-state index contributed by atoms with van der Waals surface area (Å²) in [6, 6.07) is 12.3. The third-order valence-electron chi connectivity index (χ3n) is 6.20. The molecule has 1 fully saturated rings. The van der Waals surface area contributed by atoms with E-state index in [0.717, 1.165) is 48.9 Å². The van der Waals surface area contributed by atoms with E-state index in [9.17, 15) is 18.0 Å². The van der Waals surface area contributed by atoms with Gasteiger partial charge in [-0.05, 0) is 36.8 Å². The van der Waals surface area contributed by atoms with Crippen LogP contribution in [0.25, 0.3) is 22.6 Å². The molecule has 2 aromatic heterocycles. The van der Waals surface area contributed by atoms with E-state index in [-0.39, 0.29) is 11.1 Å². The van der Waals surface area contributed by atoms with E-state index in [4.69, 9.17) is 4.74 Å². The lowest BCUT2D eigenvalue weighted by Crippen LogP contribution is -2.20. The number of anilines is 1. The number of aromatic amines is 2. The molecule has 0 bridgehead atoms. The van der Waals surface area contributed by atoms with Crippen LogP contribution in [0.4, 0.5) is 18.9 Å². The van der Waals surface area contributed by atoms with Crippen LogP contribution in [0.2, 0.25) is 0 Å². The second-order valence-electron chi connectivity index (χ2n) is 8.52. The van der Waals surface area contributed by atoms with Crippen LogP contribution in [0.3, 0.4) is 0 Å². The summed E-state index contributed by atoms with van der Waals surface area (Å²) in [5.41, 5.74) is 2.01. The van der Waals surface area contributed by atoms with E-state index in [1.54, 1.807) is 7.11 Å². The van der Waals surface area contributed by atoms with Gasteiger partial charge in [-0.3, -0.25) is 4.79 Å². The summed E-state index contributed by atoms with van der Waals surface area (Å²) < 4.78 is 45.3. The van der Waals surface area contributed by atoms with Gasteiger partial charge in [0.05, 0.1) is 28.9 Å². The van der Waals surface area contributed by atoms with Crippen LogP contribution < -0.4 is 4.90 Å². The number of rotatable bonds is 6. The molecule has 1 aliphatic rings. The van der Waals surface area contributed by atoms with E-state index in [2.05, 4.69) is 19.9 Å². The highest BCUT2D eigenvalue weighted by molar-refractivity contribution is 6.10. The number of aromatic nitrogens is 3. The van der Waals surface area contributed by atoms with Crippen LogP contribution in [0.15, 0.2) is 54.7 Å². The topological polar surface area (TPSA) is 74.0 Å². The minimum Gasteiger partial charge on any atom is -0.384 e. The molecule has 1 aliphatic heterocycles. The monoisotopic (exact) mass is 468 g/mol. The molecule has 9 heteroatoms. The lowest BCUT2D eigenvalue weighted by Gasteiger charge is -2.18. The zero-order valence-electron chi connectivity index (χ0n) is 18.4. The maximum Gasteiger partial charge on any atom is 0.417 e. The largest absolute Gasteiger partial charge is 0.417 e. The van der Waals surface area contributed by atoms with E-state index < -0.39 is 17.5 Å². The molecule has 0 unspecified atom stereocenters. The Balaban J connectivity index is 1.40. The summed E-state index contributed by atoms with van der Waals surface area (Å²) in [4.78, 5) is 25.9. The number of nitrogens with one attached hydrogen (secondary N) is 2. The second kappa shape index (κ2) is 8.64. The van der Waals surface area contributed by atoms with Crippen LogP contribution in [-0.4, -0.2) is 47.5 Å². The molecule has 4 aromatic rings. The van der Waals surface area contributed by atoms with Crippen molar-refractivity contribution in [2.45, 2.75) is 12.6 Å². The number of hydrogen-bond acceptors (Lipinski definition) is 4. The molecule has 0 radical (unpaired) electrons. The Bertz CT molecular complexity index is 1340. The number of fused-ring (bicyclic) bond motifs is 1. The normalized spacial score (nSPS) is 16.5. The Morgan fingerprint density at radius 2 is 2.03 bits per heavy atom. The lowest BCUT2D eigenvalue weighted by molar-refractivity contribution is -0.137. The number of carbonyl (C=O) groups is 1. The van der Waals surface area contributed by atoms with Gasteiger partial charge in [0.15, 0.2) is 11.6 Å². The number of hydrogen-bond donors (Lipinski definition) is 2. The Morgan fingerprint density at radius 3 is 2.82 bits per heavy atom. The molecule has 34 heavy (non-hydrogen) atoms. The number of ether oxygens (including phenoxy) is 1. The SMILES string of the molecule is COC[C@@H]1CCN(c2ccc3nc(-c4cc(C(=O)c5ccccc5C(F)(F)F)c[nH]4)[nH]c3c2)C1. The molecule has 1 atom stereocenters. The zero-order valence-corrected chi connectivity index (χ0v) is 18.4. The van der Waals surface area contributed by atoms with Gasteiger partial charge < -0.3 is 19.6 Å². The Labute approximate surface area is 193 Å². The number of halogens is 3. The average molecular weight is 468 g/mol. The highest BCUT2D eigenvalue weighted by Crippen LogP contribution is 2.33. The Kier molecular flexibility index (Phi) is 5.65. The van der Waals surface area contributed by atoms with Crippen molar-refractivity contribution in [1.29, 1.82) is 0 Å². The van der Waals surface area contributed by atoms with Gasteiger partial charge in [0.1, 0.15) is 0 Å². The van der Waals surface area contributed by atoms with Crippen LogP contribution >= 0.6 is 0 Å². The highest BCUT2D eigenvalue weighted by atomic mass is 19.4. The molecular formula is C25H23F3N4O2. The number of imidazole rings is 1. The van der Waals surface area contributed by atoms with Crippen molar-refractivity contribution in [3.8, 4) is 11.5 Å². The minimum absolute atomic E-state index is 0.133. The van der Waals surface area contributed by atoms with Crippen molar-refractivity contribution >= 4 is 22.5 Å². The van der Waals surface area contributed by atoms with Crippen molar-refractivity contribution in [2.75, 3.05) is 31.7 Å². The first-order chi connectivity index (χ1) is 16.3. The van der Waals surface area contributed by atoms with Gasteiger partial charge in [-0.2, -0.15) is 13.2 Å². The summed E-state index contributed by atoms with van der Waals surface area (Å²) in [6.07, 6.45) is -2.12. The summed E-state index contributed by atoms with van der Waals surface area (Å²) >= 11 is 0. The molecule has 3 heterocycles. The number of benzene rings is 2. The number of H-pyrrole nitrogens is 2. The minimum atomic E-state index is -4.61. The number of ketones is 1. The quantitative estimate of drug-likeness (QED) is 0.378. The predicted octanol–water partition coefficient (Wildman–Crippen LogP) is 5.28. The molecule has 6 nitrogen and oxygen atoms in total. The fraction of sp³-hybridized carbons (Fsp3) is 0.280. The first kappa shape index (κ1) is 22.2. The maximum atomic E-state index is 13.3. The first-order valence-electron chi connectivity index (χ1n) is 11.0. The van der Waals surface area contributed by atoms with Gasteiger partial charge in [-0.1, -0.05) is 18.2 Å². The molecule has 176 valence electrons. The smallest absolute Gasteiger partial charge is 0.384 e. The van der Waals surface area contributed by atoms with Crippen molar-refractivity contribution < 1.29 is 22.7 Å². The van der Waals surface area contributed by atoms with Gasteiger partial charge in [-0.15, -0.1) is 0 Å². The van der Waals surface area contributed by atoms with Crippen LogP contribution in [-0.2, 0) is 10.9 Å². The lowest BCUT2D eigenvalue weighted by atomic mass is 9.99. The summed E-state index contributed by atoms with van der Waals surface area (Å²) in [6.45, 7) is 2.64. The molecular weight excluding hydrogens is 445 g/mol. The van der Waals surface area contributed by atoms with Gasteiger partial charge in [0.25, 0.3) is 0 Å². The maximum absolute atomic E-state index is 13.3. The van der Waals surface area contributed by atoms with Gasteiger partial charge >= 0.3 is 6.18 Å². The van der Waals surface area contributed by atoms with Gasteiger partial charge in [0, 0.05) is 49.1 Å². The van der Waals surface area contributed by atoms with Crippen LogP contribution in [0, 0.1) is 5.92 Å². The number of carbonyl (C=O) groups excluding carboxylic acids is 1. The second-order valence-corrected chi connectivity index (χ2v) is 8.52. The number of nitrogens with zero attached hydrogens (tertiary/aromatic N) is 2. The van der Waals surface area contributed by atoms with Crippen LogP contribution in [0.1, 0.15) is 27.9 Å². The van der Waals surface area contributed by atoms with Gasteiger partial charge in [-0.25, -0.2) is 4.98 Å². The van der Waals surface area contributed by atoms with Crippen LogP contribution in [0.5, 0.6) is 0 Å². The van der Waals surface area contributed by atoms with Crippen molar-refractivity contribution in [1.82, 2.24) is 15.0 Å². The first-order valence-corrected chi connectivity index (χ1v) is 11.0. The highest BCUT2D eigenvalue weighted by Gasteiger charge is 2.35. The molecule has 2 aromatic carbocycles. The molecule has 0 spiro atoms. The van der Waals surface area contributed by atoms with E-state index in [1.165, 1.54) is 30.5 Å². The molecule has 2 N–H and O–H groups in total. The van der Waals surface area contributed by atoms with Gasteiger partial charge in [0.2, 0.25) is 0 Å². The summed E-state index contributed by atoms with van der Waals surface area (Å²) in [7, 11) is 1.72. The van der Waals surface area contributed by atoms with E-state index in [1.807, 2.05) is 18.2 Å². The third-order valence-corrected chi connectivity index (χ3v) is 6.20. The standard InChI is InChI=1S/C25H23F3N4O2/c1-34-14-15-8-9-32(13-15)17-6-7-20-21(11-17)31-24(30-20)22-10-16(12-29-22)23(33)18-4-2-3-5-19(18)25(26,27)28/h2-7,10-12,15,29H,8-9,13-14H2,1H3,(H,30,31)/t15-/m1/s1. The summed E-state index contributed by atoms with van der Waals surface area (Å²) in [5, 5.41) is 0. The van der Waals surface area contributed by atoms with Crippen molar-refractivity contribution in [2.24, 2.45) is 5.92 Å². The fourth-order valence-electron chi connectivity index (χ4n) is 4.51. The number of methoxy groups -OCH3 is 1. The van der Waals surface area contributed by atoms with E-state index in [0.29, 0.717) is 17.4 Å². The average Bonchev–Trinajstić information content (AvgIpc) is 3.56. The van der Waals surface area contributed by atoms with Crippen molar-refractivity contribution in [3.05, 3.63) is 71.4 Å². The zero-order chi connectivity index (χ0) is 23.9. The Morgan fingerprint density at radius 1 is 1.21 bits per heavy atom. The molecule has 0 aliphatic carbocycles. The predicted molar refractivity (Wildman–Crippen MR) is 123 cm³/mol.